The average molecular weight is 338 g/mol. The van der Waals surface area contributed by atoms with Crippen LogP contribution < -0.4 is 5.32 Å². The van der Waals surface area contributed by atoms with E-state index < -0.39 is 0 Å². The third-order valence-electron chi connectivity index (χ3n) is 5.05. The summed E-state index contributed by atoms with van der Waals surface area (Å²) >= 11 is 0. The van der Waals surface area contributed by atoms with Crippen LogP contribution in [0.4, 0.5) is 4.79 Å². The van der Waals surface area contributed by atoms with Crippen molar-refractivity contribution in [3.8, 4) is 11.1 Å². The molecule has 25 heavy (non-hydrogen) atoms. The SMILES string of the molecule is C[C@H](NC(=O)N1CC[C@H]([C@@H](C)O)C1)c1ccc(-c2ccccc2)cc1. The monoisotopic (exact) mass is 338 g/mol. The van der Waals surface area contributed by atoms with E-state index in [4.69, 9.17) is 0 Å². The fraction of sp³-hybridized carbons (Fsp3) is 0.381. The Morgan fingerprint density at radius 2 is 1.72 bits per heavy atom. The van der Waals surface area contributed by atoms with E-state index in [2.05, 4.69) is 41.7 Å². The van der Waals surface area contributed by atoms with Crippen molar-refractivity contribution in [1.82, 2.24) is 10.2 Å². The molecule has 0 aromatic heterocycles. The van der Waals surface area contributed by atoms with Gasteiger partial charge >= 0.3 is 6.03 Å². The first-order valence-electron chi connectivity index (χ1n) is 8.93. The first-order valence-corrected chi connectivity index (χ1v) is 8.93. The zero-order chi connectivity index (χ0) is 17.8. The molecule has 1 heterocycles. The van der Waals surface area contributed by atoms with E-state index in [0.717, 1.165) is 12.0 Å². The highest BCUT2D eigenvalue weighted by Gasteiger charge is 2.29. The lowest BCUT2D eigenvalue weighted by atomic mass is 10.0. The summed E-state index contributed by atoms with van der Waals surface area (Å²) in [5.41, 5.74) is 3.44. The van der Waals surface area contributed by atoms with Gasteiger partial charge < -0.3 is 15.3 Å². The normalized spacial score (nSPS) is 19.5. The van der Waals surface area contributed by atoms with E-state index in [0.29, 0.717) is 13.1 Å². The molecule has 2 N–H and O–H groups in total. The molecule has 0 aliphatic carbocycles. The van der Waals surface area contributed by atoms with Gasteiger partial charge in [-0.25, -0.2) is 4.79 Å². The van der Waals surface area contributed by atoms with Crippen LogP contribution in [-0.2, 0) is 0 Å². The molecule has 1 fully saturated rings. The van der Waals surface area contributed by atoms with Crippen molar-refractivity contribution in [3.63, 3.8) is 0 Å². The third kappa shape index (κ3) is 4.20. The fourth-order valence-electron chi connectivity index (χ4n) is 3.32. The van der Waals surface area contributed by atoms with E-state index >= 15 is 0 Å². The summed E-state index contributed by atoms with van der Waals surface area (Å²) in [5.74, 6) is 0.186. The average Bonchev–Trinajstić information content (AvgIpc) is 3.13. The molecule has 3 rings (SSSR count). The van der Waals surface area contributed by atoms with Crippen molar-refractivity contribution in [1.29, 1.82) is 0 Å². The lowest BCUT2D eigenvalue weighted by Crippen LogP contribution is -2.40. The molecule has 0 radical (unpaired) electrons. The van der Waals surface area contributed by atoms with Crippen molar-refractivity contribution in [2.45, 2.75) is 32.4 Å². The molecule has 0 saturated carbocycles. The number of carbonyl (C=O) groups is 1. The van der Waals surface area contributed by atoms with Gasteiger partial charge in [0.2, 0.25) is 0 Å². The molecule has 2 aromatic rings. The number of benzene rings is 2. The molecule has 1 aliphatic heterocycles. The lowest BCUT2D eigenvalue weighted by Gasteiger charge is -2.22. The molecule has 1 saturated heterocycles. The van der Waals surface area contributed by atoms with E-state index in [-0.39, 0.29) is 24.1 Å². The molecular weight excluding hydrogens is 312 g/mol. The number of urea groups is 1. The zero-order valence-corrected chi connectivity index (χ0v) is 14.9. The summed E-state index contributed by atoms with van der Waals surface area (Å²) in [6, 6.07) is 18.5. The van der Waals surface area contributed by atoms with Crippen LogP contribution in [0.1, 0.15) is 31.9 Å². The van der Waals surface area contributed by atoms with Crippen molar-refractivity contribution in [2.75, 3.05) is 13.1 Å². The van der Waals surface area contributed by atoms with Crippen LogP contribution in [0.25, 0.3) is 11.1 Å². The Kier molecular flexibility index (Phi) is 5.39. The van der Waals surface area contributed by atoms with E-state index in [9.17, 15) is 9.90 Å². The zero-order valence-electron chi connectivity index (χ0n) is 14.9. The first-order chi connectivity index (χ1) is 12.0. The topological polar surface area (TPSA) is 52.6 Å². The van der Waals surface area contributed by atoms with Gasteiger partial charge in [0.1, 0.15) is 0 Å². The van der Waals surface area contributed by atoms with E-state index in [1.807, 2.05) is 25.1 Å². The van der Waals surface area contributed by atoms with Crippen LogP contribution in [0.3, 0.4) is 0 Å². The largest absolute Gasteiger partial charge is 0.393 e. The van der Waals surface area contributed by atoms with Gasteiger partial charge in [-0.15, -0.1) is 0 Å². The van der Waals surface area contributed by atoms with Crippen LogP contribution in [-0.4, -0.2) is 35.2 Å². The summed E-state index contributed by atoms with van der Waals surface area (Å²) in [7, 11) is 0. The van der Waals surface area contributed by atoms with Gasteiger partial charge in [-0.1, -0.05) is 54.6 Å². The van der Waals surface area contributed by atoms with Crippen LogP contribution >= 0.6 is 0 Å². The molecule has 4 heteroatoms. The highest BCUT2D eigenvalue weighted by atomic mass is 16.3. The molecule has 0 spiro atoms. The Morgan fingerprint density at radius 3 is 2.32 bits per heavy atom. The molecule has 0 bridgehead atoms. The minimum absolute atomic E-state index is 0.0528. The Bertz CT molecular complexity index is 698. The van der Waals surface area contributed by atoms with Crippen molar-refractivity contribution < 1.29 is 9.90 Å². The second kappa shape index (κ2) is 7.70. The van der Waals surface area contributed by atoms with Gasteiger partial charge in [-0.3, -0.25) is 0 Å². The van der Waals surface area contributed by atoms with Crippen LogP contribution in [0, 0.1) is 5.92 Å². The predicted octanol–water partition coefficient (Wildman–Crippen LogP) is 3.83. The summed E-state index contributed by atoms with van der Waals surface area (Å²) in [6.45, 7) is 5.13. The van der Waals surface area contributed by atoms with Gasteiger partial charge in [-0.05, 0) is 37.0 Å². The third-order valence-corrected chi connectivity index (χ3v) is 5.05. The summed E-state index contributed by atoms with van der Waals surface area (Å²) < 4.78 is 0. The van der Waals surface area contributed by atoms with Gasteiger partial charge in [0.25, 0.3) is 0 Å². The van der Waals surface area contributed by atoms with Gasteiger partial charge in [0.15, 0.2) is 0 Å². The number of aliphatic hydroxyl groups is 1. The lowest BCUT2D eigenvalue weighted by molar-refractivity contribution is 0.129. The van der Waals surface area contributed by atoms with Gasteiger partial charge in [-0.2, -0.15) is 0 Å². The van der Waals surface area contributed by atoms with Crippen molar-refractivity contribution >= 4 is 6.03 Å². The second-order valence-corrected chi connectivity index (χ2v) is 6.89. The highest BCUT2D eigenvalue weighted by Crippen LogP contribution is 2.23. The smallest absolute Gasteiger partial charge is 0.317 e. The fourth-order valence-corrected chi connectivity index (χ4v) is 3.32. The Balaban J connectivity index is 1.60. The summed E-state index contributed by atoms with van der Waals surface area (Å²) in [4.78, 5) is 14.2. The van der Waals surface area contributed by atoms with Crippen molar-refractivity contribution in [2.24, 2.45) is 5.92 Å². The maximum Gasteiger partial charge on any atom is 0.317 e. The summed E-state index contributed by atoms with van der Waals surface area (Å²) in [6.07, 6.45) is 0.506. The van der Waals surface area contributed by atoms with Crippen molar-refractivity contribution in [3.05, 3.63) is 60.2 Å². The maximum atomic E-state index is 12.4. The molecule has 2 aromatic carbocycles. The Morgan fingerprint density at radius 1 is 1.08 bits per heavy atom. The minimum atomic E-state index is -0.360. The number of hydrogen-bond donors (Lipinski definition) is 2. The van der Waals surface area contributed by atoms with Gasteiger partial charge in [0, 0.05) is 19.0 Å². The number of carbonyl (C=O) groups excluding carboxylic acids is 1. The maximum absolute atomic E-state index is 12.4. The first kappa shape index (κ1) is 17.5. The number of nitrogens with zero attached hydrogens (tertiary/aromatic N) is 1. The molecule has 2 amide bonds. The number of amides is 2. The van der Waals surface area contributed by atoms with Gasteiger partial charge in [0.05, 0.1) is 12.1 Å². The van der Waals surface area contributed by atoms with Crippen LogP contribution in [0.15, 0.2) is 54.6 Å². The summed E-state index contributed by atoms with van der Waals surface area (Å²) in [5, 5.41) is 12.7. The van der Waals surface area contributed by atoms with E-state index in [1.165, 1.54) is 11.1 Å². The highest BCUT2D eigenvalue weighted by molar-refractivity contribution is 5.75. The molecule has 3 atom stereocenters. The Hall–Kier alpha value is -2.33. The molecular formula is C21H26N2O2. The van der Waals surface area contributed by atoms with Crippen LogP contribution in [0.5, 0.6) is 0 Å². The molecule has 132 valence electrons. The number of likely N-dealkylation sites (tertiary alicyclic amines) is 1. The standard InChI is InChI=1S/C21H26N2O2/c1-15(22-21(25)23-13-12-20(14-23)16(2)24)17-8-10-19(11-9-17)18-6-4-3-5-7-18/h3-11,15-16,20,24H,12-14H2,1-2H3,(H,22,25)/t15-,16+,20-/m0/s1. The number of aliphatic hydroxyl groups excluding tert-OH is 1. The predicted molar refractivity (Wildman–Crippen MR) is 100 cm³/mol. The number of nitrogens with one attached hydrogen (secondary N) is 1. The molecule has 0 unspecified atom stereocenters. The minimum Gasteiger partial charge on any atom is -0.393 e. The second-order valence-electron chi connectivity index (χ2n) is 6.89. The molecule has 1 aliphatic rings. The number of rotatable bonds is 4. The Labute approximate surface area is 149 Å². The molecule has 4 nitrogen and oxygen atoms in total. The van der Waals surface area contributed by atoms with E-state index in [1.54, 1.807) is 11.8 Å². The van der Waals surface area contributed by atoms with Crippen LogP contribution in [0.2, 0.25) is 0 Å². The quantitative estimate of drug-likeness (QED) is 0.890. The number of hydrogen-bond acceptors (Lipinski definition) is 2.